The van der Waals surface area contributed by atoms with Gasteiger partial charge in [0, 0.05) is 16.2 Å². The van der Waals surface area contributed by atoms with Gasteiger partial charge in [0.25, 0.3) is 0 Å². The molecule has 244 valence electrons. The summed E-state index contributed by atoms with van der Waals surface area (Å²) >= 11 is 0. The van der Waals surface area contributed by atoms with Crippen molar-refractivity contribution in [2.75, 3.05) is 0 Å². The van der Waals surface area contributed by atoms with E-state index >= 15 is 0 Å². The maximum absolute atomic E-state index is 6.35. The van der Waals surface area contributed by atoms with E-state index in [2.05, 4.69) is 178 Å². The van der Waals surface area contributed by atoms with Crippen LogP contribution in [0.4, 0.5) is 0 Å². The minimum atomic E-state index is -0.129. The molecule has 1 aromatic heterocycles. The Kier molecular flexibility index (Phi) is 6.08. The van der Waals surface area contributed by atoms with E-state index in [0.29, 0.717) is 0 Å². The lowest BCUT2D eigenvalue weighted by molar-refractivity contribution is 0.661. The molecule has 10 aromatic rings. The number of hydrogen-bond donors (Lipinski definition) is 0. The first-order chi connectivity index (χ1) is 25.5. The van der Waals surface area contributed by atoms with E-state index in [-0.39, 0.29) is 5.41 Å². The Morgan fingerprint density at radius 2 is 0.904 bits per heavy atom. The van der Waals surface area contributed by atoms with Crippen molar-refractivity contribution in [3.05, 3.63) is 181 Å². The van der Waals surface area contributed by atoms with E-state index in [1.54, 1.807) is 0 Å². The topological polar surface area (TPSA) is 13.1 Å². The van der Waals surface area contributed by atoms with Crippen molar-refractivity contribution in [2.45, 2.75) is 19.3 Å². The Labute approximate surface area is 302 Å². The molecule has 1 heterocycles. The van der Waals surface area contributed by atoms with Crippen molar-refractivity contribution < 1.29 is 4.42 Å². The Balaban J connectivity index is 1.03. The normalized spacial score (nSPS) is 13.3. The van der Waals surface area contributed by atoms with Crippen LogP contribution in [0.2, 0.25) is 0 Å². The first-order valence-electron chi connectivity index (χ1n) is 18.2. The molecule has 9 aromatic carbocycles. The molecule has 1 heteroatoms. The summed E-state index contributed by atoms with van der Waals surface area (Å²) in [5, 5.41) is 9.95. The Morgan fingerprint density at radius 3 is 1.58 bits per heavy atom. The monoisotopic (exact) mass is 662 g/mol. The van der Waals surface area contributed by atoms with Crippen molar-refractivity contribution in [1.82, 2.24) is 0 Å². The van der Waals surface area contributed by atoms with Crippen molar-refractivity contribution in [2.24, 2.45) is 0 Å². The van der Waals surface area contributed by atoms with Gasteiger partial charge in [0.1, 0.15) is 11.2 Å². The zero-order chi connectivity index (χ0) is 34.6. The van der Waals surface area contributed by atoms with Crippen LogP contribution in [0.25, 0.3) is 98.8 Å². The summed E-state index contributed by atoms with van der Waals surface area (Å²) in [4.78, 5) is 0. The number of hydrogen-bond acceptors (Lipinski definition) is 1. The molecule has 1 nitrogen and oxygen atoms in total. The summed E-state index contributed by atoms with van der Waals surface area (Å²) in [6.45, 7) is 4.73. The summed E-state index contributed by atoms with van der Waals surface area (Å²) in [6, 6.07) is 62.4. The molecule has 52 heavy (non-hydrogen) atoms. The Bertz CT molecular complexity index is 3010. The van der Waals surface area contributed by atoms with Crippen LogP contribution in [-0.4, -0.2) is 0 Å². The van der Waals surface area contributed by atoms with Gasteiger partial charge in [-0.25, -0.2) is 0 Å². The molecule has 0 saturated carbocycles. The zero-order valence-corrected chi connectivity index (χ0v) is 29.1. The molecular weight excluding hydrogens is 629 g/mol. The molecule has 1 aliphatic rings. The lowest BCUT2D eigenvalue weighted by Gasteiger charge is -2.22. The smallest absolute Gasteiger partial charge is 0.136 e. The lowest BCUT2D eigenvalue weighted by atomic mass is 9.81. The molecule has 0 amide bonds. The van der Waals surface area contributed by atoms with Gasteiger partial charge < -0.3 is 4.42 Å². The van der Waals surface area contributed by atoms with Crippen LogP contribution >= 0.6 is 0 Å². The number of benzene rings is 9. The van der Waals surface area contributed by atoms with E-state index in [0.717, 1.165) is 11.2 Å². The van der Waals surface area contributed by atoms with Crippen molar-refractivity contribution in [3.8, 4) is 44.5 Å². The van der Waals surface area contributed by atoms with E-state index < -0.39 is 0 Å². The maximum Gasteiger partial charge on any atom is 0.136 e. The number of furan rings is 1. The molecule has 1 aliphatic carbocycles. The van der Waals surface area contributed by atoms with Crippen LogP contribution in [0.5, 0.6) is 0 Å². The highest BCUT2D eigenvalue weighted by Gasteiger charge is 2.37. The van der Waals surface area contributed by atoms with Crippen LogP contribution in [0.3, 0.4) is 0 Å². The van der Waals surface area contributed by atoms with Crippen LogP contribution in [0.1, 0.15) is 25.0 Å². The third-order valence-corrected chi connectivity index (χ3v) is 11.7. The molecule has 0 atom stereocenters. The molecule has 0 fully saturated rings. The first kappa shape index (κ1) is 29.3. The fourth-order valence-electron chi connectivity index (χ4n) is 9.14. The largest absolute Gasteiger partial charge is 0.456 e. The van der Waals surface area contributed by atoms with Gasteiger partial charge in [-0.15, -0.1) is 0 Å². The average Bonchev–Trinajstić information content (AvgIpc) is 3.67. The van der Waals surface area contributed by atoms with Crippen LogP contribution < -0.4 is 0 Å². The number of fused-ring (bicyclic) bond motifs is 10. The highest BCUT2D eigenvalue weighted by atomic mass is 16.3. The van der Waals surface area contributed by atoms with E-state index in [4.69, 9.17) is 4.42 Å². The van der Waals surface area contributed by atoms with Crippen molar-refractivity contribution in [1.29, 1.82) is 0 Å². The van der Waals surface area contributed by atoms with Gasteiger partial charge in [0.2, 0.25) is 0 Å². The first-order valence-corrected chi connectivity index (χ1v) is 18.2. The van der Waals surface area contributed by atoms with Crippen LogP contribution in [0.15, 0.2) is 174 Å². The highest BCUT2D eigenvalue weighted by Crippen LogP contribution is 2.53. The second-order valence-electron chi connectivity index (χ2n) is 14.8. The molecule has 0 spiro atoms. The summed E-state index contributed by atoms with van der Waals surface area (Å²) in [6.07, 6.45) is 0. The molecule has 0 bridgehead atoms. The van der Waals surface area contributed by atoms with Crippen molar-refractivity contribution >= 4 is 54.3 Å². The quantitative estimate of drug-likeness (QED) is 0.172. The predicted octanol–water partition coefficient (Wildman–Crippen LogP) is 14.4. The fourth-order valence-corrected chi connectivity index (χ4v) is 9.14. The van der Waals surface area contributed by atoms with Gasteiger partial charge in [0.05, 0.1) is 0 Å². The van der Waals surface area contributed by atoms with Gasteiger partial charge >= 0.3 is 0 Å². The molecule has 0 saturated heterocycles. The second-order valence-corrected chi connectivity index (χ2v) is 14.8. The Hall–Kier alpha value is -6.44. The number of para-hydroxylation sites is 1. The lowest BCUT2D eigenvalue weighted by Crippen LogP contribution is -2.15. The summed E-state index contributed by atoms with van der Waals surface area (Å²) in [5.74, 6) is 0. The Morgan fingerprint density at radius 1 is 0.346 bits per heavy atom. The van der Waals surface area contributed by atoms with Gasteiger partial charge in [-0.05, 0) is 112 Å². The molecule has 0 N–H and O–H groups in total. The van der Waals surface area contributed by atoms with Gasteiger partial charge in [-0.3, -0.25) is 0 Å². The molecule has 0 radical (unpaired) electrons. The van der Waals surface area contributed by atoms with E-state index in [9.17, 15) is 0 Å². The minimum Gasteiger partial charge on any atom is -0.456 e. The summed E-state index contributed by atoms with van der Waals surface area (Å²) in [7, 11) is 0. The molecule has 0 aliphatic heterocycles. The maximum atomic E-state index is 6.35. The number of rotatable bonds is 3. The third kappa shape index (κ3) is 4.11. The van der Waals surface area contributed by atoms with Gasteiger partial charge in [0.15, 0.2) is 0 Å². The zero-order valence-electron chi connectivity index (χ0n) is 29.1. The fraction of sp³-hybridized carbons (Fsp3) is 0.0588. The second kappa shape index (κ2) is 10.8. The molecular formula is C51H34O. The van der Waals surface area contributed by atoms with Crippen LogP contribution in [0, 0.1) is 0 Å². The predicted molar refractivity (Wildman–Crippen MR) is 220 cm³/mol. The summed E-state index contributed by atoms with van der Waals surface area (Å²) in [5.41, 5.74) is 14.7. The van der Waals surface area contributed by atoms with Crippen LogP contribution in [-0.2, 0) is 5.41 Å². The molecule has 11 rings (SSSR count). The van der Waals surface area contributed by atoms with E-state index in [1.807, 2.05) is 6.07 Å². The third-order valence-electron chi connectivity index (χ3n) is 11.7. The van der Waals surface area contributed by atoms with Crippen molar-refractivity contribution in [3.63, 3.8) is 0 Å². The van der Waals surface area contributed by atoms with Gasteiger partial charge in [-0.1, -0.05) is 159 Å². The SMILES string of the molecule is CC1(C)c2cc(-c3ccc(-c4c5ccccc5c(-c5ccccc5)c5ccccc45)cc3)ccc2-c2c1ccc1cc3c(cc21)oc1ccccc13. The molecule has 0 unspecified atom stereocenters. The minimum absolute atomic E-state index is 0.129. The van der Waals surface area contributed by atoms with Gasteiger partial charge in [-0.2, -0.15) is 0 Å². The highest BCUT2D eigenvalue weighted by molar-refractivity contribution is 6.21. The van der Waals surface area contributed by atoms with E-state index in [1.165, 1.54) is 98.7 Å². The standard InChI is InChI=1S/C51H34O/c1-51(2)44-27-25-35-28-43-36-14-10-11-19-46(36)52-47(43)30-42(35)50(44)41-26-24-34(29-45(41)51)31-20-22-33(23-21-31)49-39-17-8-6-15-37(39)48(32-12-4-3-5-13-32)38-16-7-9-18-40(38)49/h3-30H,1-2H3. The summed E-state index contributed by atoms with van der Waals surface area (Å²) < 4.78 is 6.35. The average molecular weight is 663 g/mol.